The number of nitrogens with one attached hydrogen (secondary N) is 1. The van der Waals surface area contributed by atoms with Gasteiger partial charge in [0.05, 0.1) is 25.7 Å². The van der Waals surface area contributed by atoms with Crippen molar-refractivity contribution in [3.63, 3.8) is 0 Å². The number of hydrogen-bond donors (Lipinski definition) is 2. The summed E-state index contributed by atoms with van der Waals surface area (Å²) in [7, 11) is 2.74. The Labute approximate surface area is 145 Å². The molecule has 0 bridgehead atoms. The van der Waals surface area contributed by atoms with E-state index in [2.05, 4.69) is 5.32 Å². The zero-order chi connectivity index (χ0) is 18.4. The van der Waals surface area contributed by atoms with E-state index in [1.54, 1.807) is 0 Å². The molecule has 0 aliphatic carbocycles. The summed E-state index contributed by atoms with van der Waals surface area (Å²) in [4.78, 5) is 23.8. The topological polar surface area (TPSA) is 94.1 Å². The Balaban J connectivity index is 2.09. The summed E-state index contributed by atoms with van der Waals surface area (Å²) >= 11 is 0. The van der Waals surface area contributed by atoms with Crippen LogP contribution in [0.2, 0.25) is 0 Å². The van der Waals surface area contributed by atoms with Crippen LogP contribution >= 0.6 is 0 Å². The summed E-state index contributed by atoms with van der Waals surface area (Å²) in [6.45, 7) is 0.937. The van der Waals surface area contributed by atoms with Gasteiger partial charge in [0.2, 0.25) is 0 Å². The van der Waals surface area contributed by atoms with Crippen LogP contribution in [0.4, 0.5) is 4.39 Å². The Hall–Kier alpha value is -2.35. The third-order valence-electron chi connectivity index (χ3n) is 4.35. The molecule has 138 valence electrons. The molecule has 0 aromatic heterocycles. The van der Waals surface area contributed by atoms with Crippen LogP contribution in [0.3, 0.4) is 0 Å². The van der Waals surface area contributed by atoms with Gasteiger partial charge in [-0.1, -0.05) is 0 Å². The summed E-state index contributed by atoms with van der Waals surface area (Å²) in [6.07, 6.45) is 1.25. The Morgan fingerprint density at radius 3 is 2.44 bits per heavy atom. The Morgan fingerprint density at radius 1 is 1.28 bits per heavy atom. The van der Waals surface area contributed by atoms with Crippen molar-refractivity contribution in [1.29, 1.82) is 0 Å². The summed E-state index contributed by atoms with van der Waals surface area (Å²) in [5.74, 6) is -2.89. The van der Waals surface area contributed by atoms with Gasteiger partial charge < -0.3 is 24.6 Å². The number of amides is 1. The van der Waals surface area contributed by atoms with Gasteiger partial charge in [0.1, 0.15) is 5.82 Å². The van der Waals surface area contributed by atoms with E-state index in [1.807, 2.05) is 0 Å². The molecule has 1 heterocycles. The molecule has 1 amide bonds. The fourth-order valence-corrected chi connectivity index (χ4v) is 2.90. The van der Waals surface area contributed by atoms with Crippen molar-refractivity contribution in [2.45, 2.75) is 12.8 Å². The number of ether oxygens (including phenoxy) is 3. The lowest BCUT2D eigenvalue weighted by molar-refractivity contribution is -0.144. The van der Waals surface area contributed by atoms with E-state index >= 15 is 0 Å². The second kappa shape index (κ2) is 8.66. The Morgan fingerprint density at radius 2 is 1.88 bits per heavy atom. The monoisotopic (exact) mass is 355 g/mol. The van der Waals surface area contributed by atoms with Gasteiger partial charge in [0, 0.05) is 25.8 Å². The number of carboxylic acids is 1. The fourth-order valence-electron chi connectivity index (χ4n) is 2.90. The molecular formula is C17H22FNO6. The molecule has 0 saturated carbocycles. The maximum atomic E-state index is 14.1. The highest BCUT2D eigenvalue weighted by molar-refractivity contribution is 5.95. The highest BCUT2D eigenvalue weighted by Crippen LogP contribution is 2.30. The SMILES string of the molecule is COc1cc(F)c(C(=O)NCC(C(=O)O)C2CCOCC2)cc1OC. The molecule has 2 rings (SSSR count). The first-order valence-corrected chi connectivity index (χ1v) is 7.98. The van der Waals surface area contributed by atoms with Crippen LogP contribution in [0.15, 0.2) is 12.1 Å². The van der Waals surface area contributed by atoms with Gasteiger partial charge in [0.25, 0.3) is 5.91 Å². The van der Waals surface area contributed by atoms with Crippen LogP contribution in [-0.2, 0) is 9.53 Å². The molecule has 8 heteroatoms. The number of methoxy groups -OCH3 is 2. The van der Waals surface area contributed by atoms with E-state index in [9.17, 15) is 19.1 Å². The van der Waals surface area contributed by atoms with Crippen LogP contribution in [-0.4, -0.2) is 51.0 Å². The quantitative estimate of drug-likeness (QED) is 0.773. The van der Waals surface area contributed by atoms with Crippen molar-refractivity contribution in [3.05, 3.63) is 23.5 Å². The highest BCUT2D eigenvalue weighted by atomic mass is 19.1. The minimum atomic E-state index is -0.986. The smallest absolute Gasteiger partial charge is 0.308 e. The number of halogens is 1. The molecule has 1 saturated heterocycles. The number of benzene rings is 1. The molecule has 1 atom stereocenters. The summed E-state index contributed by atoms with van der Waals surface area (Å²) < 4.78 is 29.4. The van der Waals surface area contributed by atoms with E-state index in [4.69, 9.17) is 14.2 Å². The van der Waals surface area contributed by atoms with Crippen LogP contribution in [0.25, 0.3) is 0 Å². The zero-order valence-corrected chi connectivity index (χ0v) is 14.2. The van der Waals surface area contributed by atoms with Crippen LogP contribution in [0.1, 0.15) is 23.2 Å². The number of hydrogen-bond acceptors (Lipinski definition) is 5. The lowest BCUT2D eigenvalue weighted by Gasteiger charge is -2.27. The van der Waals surface area contributed by atoms with Crippen molar-refractivity contribution in [3.8, 4) is 11.5 Å². The number of carboxylic acid groups (broad SMARTS) is 1. The molecule has 1 aromatic carbocycles. The third-order valence-corrected chi connectivity index (χ3v) is 4.35. The van der Waals surface area contributed by atoms with E-state index in [1.165, 1.54) is 20.3 Å². The zero-order valence-electron chi connectivity index (χ0n) is 14.2. The molecule has 1 aromatic rings. The molecule has 25 heavy (non-hydrogen) atoms. The molecule has 1 fully saturated rings. The number of rotatable bonds is 7. The van der Waals surface area contributed by atoms with Crippen LogP contribution < -0.4 is 14.8 Å². The van der Waals surface area contributed by atoms with Gasteiger partial charge in [-0.25, -0.2) is 4.39 Å². The van der Waals surface area contributed by atoms with E-state index < -0.39 is 23.6 Å². The predicted octanol–water partition coefficient (Wildman–Crippen LogP) is 1.70. The van der Waals surface area contributed by atoms with Crippen molar-refractivity contribution >= 4 is 11.9 Å². The Kier molecular flexibility index (Phi) is 6.58. The maximum Gasteiger partial charge on any atom is 0.308 e. The molecule has 7 nitrogen and oxygen atoms in total. The van der Waals surface area contributed by atoms with Gasteiger partial charge in [0.15, 0.2) is 11.5 Å². The second-order valence-electron chi connectivity index (χ2n) is 5.79. The maximum absolute atomic E-state index is 14.1. The molecule has 1 unspecified atom stereocenters. The normalized spacial score (nSPS) is 16.1. The molecule has 0 spiro atoms. The lowest BCUT2D eigenvalue weighted by Crippen LogP contribution is -2.39. The van der Waals surface area contributed by atoms with E-state index in [0.29, 0.717) is 26.1 Å². The summed E-state index contributed by atoms with van der Waals surface area (Å²) in [5, 5.41) is 11.9. The molecule has 1 aliphatic rings. The minimum Gasteiger partial charge on any atom is -0.493 e. The van der Waals surface area contributed by atoms with Gasteiger partial charge in [-0.3, -0.25) is 9.59 Å². The van der Waals surface area contributed by atoms with Crippen molar-refractivity contribution in [1.82, 2.24) is 5.32 Å². The highest BCUT2D eigenvalue weighted by Gasteiger charge is 2.30. The first-order valence-electron chi connectivity index (χ1n) is 7.98. The van der Waals surface area contributed by atoms with Crippen molar-refractivity contribution in [2.24, 2.45) is 11.8 Å². The van der Waals surface area contributed by atoms with Gasteiger partial charge >= 0.3 is 5.97 Å². The largest absolute Gasteiger partial charge is 0.493 e. The van der Waals surface area contributed by atoms with E-state index in [-0.39, 0.29) is 29.5 Å². The predicted molar refractivity (Wildman–Crippen MR) is 86.5 cm³/mol. The summed E-state index contributed by atoms with van der Waals surface area (Å²) in [6, 6.07) is 2.29. The minimum absolute atomic E-state index is 0.0768. The molecule has 2 N–H and O–H groups in total. The van der Waals surface area contributed by atoms with Crippen molar-refractivity contribution < 1.29 is 33.3 Å². The fraction of sp³-hybridized carbons (Fsp3) is 0.529. The Bertz CT molecular complexity index is 630. The van der Waals surface area contributed by atoms with Gasteiger partial charge in [-0.2, -0.15) is 0 Å². The first kappa shape index (κ1) is 19.0. The second-order valence-corrected chi connectivity index (χ2v) is 5.79. The van der Waals surface area contributed by atoms with Crippen molar-refractivity contribution in [2.75, 3.05) is 34.0 Å². The molecular weight excluding hydrogens is 333 g/mol. The van der Waals surface area contributed by atoms with E-state index in [0.717, 1.165) is 6.07 Å². The van der Waals surface area contributed by atoms with Gasteiger partial charge in [-0.15, -0.1) is 0 Å². The lowest BCUT2D eigenvalue weighted by atomic mass is 9.86. The standard InChI is InChI=1S/C17H22FNO6/c1-23-14-7-11(13(18)8-15(14)24-2)16(20)19-9-12(17(21)22)10-3-5-25-6-4-10/h7-8,10,12H,3-6,9H2,1-2H3,(H,19,20)(H,21,22). The van der Waals surface area contributed by atoms with Gasteiger partial charge in [-0.05, 0) is 24.8 Å². The first-order chi connectivity index (χ1) is 12.0. The molecule has 0 radical (unpaired) electrons. The van der Waals surface area contributed by atoms with Crippen LogP contribution in [0.5, 0.6) is 11.5 Å². The summed E-state index contributed by atoms with van der Waals surface area (Å²) in [5.41, 5.74) is -0.228. The van der Waals surface area contributed by atoms with Crippen LogP contribution in [0, 0.1) is 17.7 Å². The molecule has 1 aliphatic heterocycles. The average Bonchev–Trinajstić information content (AvgIpc) is 2.62. The number of carbonyl (C=O) groups is 2. The average molecular weight is 355 g/mol. The number of aliphatic carboxylic acids is 1. The third kappa shape index (κ3) is 4.60. The number of carbonyl (C=O) groups excluding carboxylic acids is 1.